The first-order chi connectivity index (χ1) is 7.38. The van der Waals surface area contributed by atoms with Crippen molar-refractivity contribution in [2.45, 2.75) is 45.7 Å². The van der Waals surface area contributed by atoms with Gasteiger partial charge in [-0.3, -0.25) is 4.79 Å². The molecule has 0 saturated heterocycles. The summed E-state index contributed by atoms with van der Waals surface area (Å²) in [6.45, 7) is 5.55. The average Bonchev–Trinajstić information content (AvgIpc) is 2.21. The number of nitrogens with one attached hydrogen (secondary N) is 1. The van der Waals surface area contributed by atoms with E-state index in [1.54, 1.807) is 0 Å². The summed E-state index contributed by atoms with van der Waals surface area (Å²) in [6.07, 6.45) is 0.940. The third kappa shape index (κ3) is 5.70. The number of hydrogen-bond acceptors (Lipinski definition) is 4. The van der Waals surface area contributed by atoms with E-state index < -0.39 is 12.0 Å². The molecule has 5 heteroatoms. The van der Waals surface area contributed by atoms with E-state index in [9.17, 15) is 9.59 Å². The molecule has 94 valence electrons. The van der Waals surface area contributed by atoms with Crippen LogP contribution in [0.2, 0.25) is 0 Å². The summed E-state index contributed by atoms with van der Waals surface area (Å²) in [6, 6.07) is -0.591. The molecule has 0 aromatic carbocycles. The molecule has 5 nitrogen and oxygen atoms in total. The number of carbonyl (C=O) groups is 2. The molecule has 0 fully saturated rings. The second-order valence-electron chi connectivity index (χ2n) is 4.33. The number of hydrogen-bond donors (Lipinski definition) is 2. The SMILES string of the molecule is COC(=O)C(NC(=O)CCC(C)N)C(C)C. The third-order valence-electron chi connectivity index (χ3n) is 2.27. The van der Waals surface area contributed by atoms with Gasteiger partial charge in [-0.15, -0.1) is 0 Å². The Labute approximate surface area is 96.7 Å². The first-order valence-corrected chi connectivity index (χ1v) is 5.51. The van der Waals surface area contributed by atoms with E-state index in [2.05, 4.69) is 10.1 Å². The van der Waals surface area contributed by atoms with Crippen LogP contribution in [0.5, 0.6) is 0 Å². The number of carbonyl (C=O) groups excluding carboxylic acids is 2. The minimum atomic E-state index is -0.578. The van der Waals surface area contributed by atoms with Gasteiger partial charge in [0.2, 0.25) is 5.91 Å². The molecule has 0 aliphatic heterocycles. The quantitative estimate of drug-likeness (QED) is 0.648. The minimum Gasteiger partial charge on any atom is -0.467 e. The van der Waals surface area contributed by atoms with E-state index in [4.69, 9.17) is 5.73 Å². The van der Waals surface area contributed by atoms with Crippen molar-refractivity contribution >= 4 is 11.9 Å². The zero-order chi connectivity index (χ0) is 12.7. The Kier molecular flexibility index (Phi) is 6.72. The van der Waals surface area contributed by atoms with Crippen molar-refractivity contribution in [3.63, 3.8) is 0 Å². The normalized spacial score (nSPS) is 14.4. The predicted molar refractivity (Wildman–Crippen MR) is 61.7 cm³/mol. The average molecular weight is 230 g/mol. The van der Waals surface area contributed by atoms with E-state index in [-0.39, 0.29) is 17.9 Å². The van der Waals surface area contributed by atoms with Crippen molar-refractivity contribution in [2.24, 2.45) is 11.7 Å². The fourth-order valence-electron chi connectivity index (χ4n) is 1.23. The first-order valence-electron chi connectivity index (χ1n) is 5.51. The molecule has 0 spiro atoms. The highest BCUT2D eigenvalue weighted by molar-refractivity contribution is 5.84. The molecule has 0 aromatic rings. The molecule has 2 atom stereocenters. The summed E-state index contributed by atoms with van der Waals surface area (Å²) >= 11 is 0. The summed E-state index contributed by atoms with van der Waals surface area (Å²) in [7, 11) is 1.31. The molecule has 16 heavy (non-hydrogen) atoms. The fourth-order valence-corrected chi connectivity index (χ4v) is 1.23. The van der Waals surface area contributed by atoms with E-state index >= 15 is 0 Å². The number of nitrogens with two attached hydrogens (primary N) is 1. The van der Waals surface area contributed by atoms with Gasteiger partial charge in [0.25, 0.3) is 0 Å². The van der Waals surface area contributed by atoms with Crippen LogP contribution >= 0.6 is 0 Å². The maximum atomic E-state index is 11.5. The highest BCUT2D eigenvalue weighted by Gasteiger charge is 2.24. The van der Waals surface area contributed by atoms with Crippen molar-refractivity contribution in [1.82, 2.24) is 5.32 Å². The molecule has 0 saturated carbocycles. The molecular formula is C11H22N2O3. The summed E-state index contributed by atoms with van der Waals surface area (Å²) in [4.78, 5) is 22.9. The van der Waals surface area contributed by atoms with Crippen LogP contribution in [0.15, 0.2) is 0 Å². The van der Waals surface area contributed by atoms with Gasteiger partial charge < -0.3 is 15.8 Å². The van der Waals surface area contributed by atoms with Gasteiger partial charge in [-0.2, -0.15) is 0 Å². The lowest BCUT2D eigenvalue weighted by Crippen LogP contribution is -2.45. The number of rotatable bonds is 6. The number of amides is 1. The molecule has 3 N–H and O–H groups in total. The zero-order valence-corrected chi connectivity index (χ0v) is 10.4. The molecule has 0 radical (unpaired) electrons. The molecule has 1 amide bonds. The summed E-state index contributed by atoms with van der Waals surface area (Å²) in [5, 5.41) is 2.65. The molecule has 2 unspecified atom stereocenters. The fraction of sp³-hybridized carbons (Fsp3) is 0.818. The Morgan fingerprint density at radius 1 is 1.31 bits per heavy atom. The van der Waals surface area contributed by atoms with Crippen LogP contribution in [0, 0.1) is 5.92 Å². The van der Waals surface area contributed by atoms with Crippen molar-refractivity contribution in [3.05, 3.63) is 0 Å². The third-order valence-corrected chi connectivity index (χ3v) is 2.27. The van der Waals surface area contributed by atoms with Crippen LogP contribution in [0.25, 0.3) is 0 Å². The van der Waals surface area contributed by atoms with Crippen molar-refractivity contribution in [1.29, 1.82) is 0 Å². The van der Waals surface area contributed by atoms with Crippen LogP contribution in [-0.4, -0.2) is 31.1 Å². The summed E-state index contributed by atoms with van der Waals surface area (Å²) in [5.74, 6) is -0.572. The van der Waals surface area contributed by atoms with Crippen LogP contribution in [0.4, 0.5) is 0 Å². The predicted octanol–water partition coefficient (Wildman–Crippen LogP) is 0.428. The standard InChI is InChI=1S/C11H22N2O3/c1-7(2)10(11(15)16-4)13-9(14)6-5-8(3)12/h7-8,10H,5-6,12H2,1-4H3,(H,13,14). The topological polar surface area (TPSA) is 81.4 Å². The molecule has 0 rings (SSSR count). The lowest BCUT2D eigenvalue weighted by Gasteiger charge is -2.19. The maximum absolute atomic E-state index is 11.5. The molecule has 0 aliphatic rings. The van der Waals surface area contributed by atoms with E-state index in [1.165, 1.54) is 7.11 Å². The monoisotopic (exact) mass is 230 g/mol. The van der Waals surface area contributed by atoms with Gasteiger partial charge in [0.05, 0.1) is 7.11 Å². The van der Waals surface area contributed by atoms with Gasteiger partial charge in [-0.1, -0.05) is 13.8 Å². The highest BCUT2D eigenvalue weighted by atomic mass is 16.5. The van der Waals surface area contributed by atoms with Crippen molar-refractivity contribution < 1.29 is 14.3 Å². The highest BCUT2D eigenvalue weighted by Crippen LogP contribution is 2.04. The Bertz CT molecular complexity index is 239. The van der Waals surface area contributed by atoms with E-state index in [0.717, 1.165) is 0 Å². The Morgan fingerprint density at radius 3 is 2.25 bits per heavy atom. The maximum Gasteiger partial charge on any atom is 0.328 e. The first kappa shape index (κ1) is 14.9. The van der Waals surface area contributed by atoms with Crippen LogP contribution in [0.1, 0.15) is 33.6 Å². The van der Waals surface area contributed by atoms with Crippen LogP contribution in [0.3, 0.4) is 0 Å². The summed E-state index contributed by atoms with van der Waals surface area (Å²) < 4.78 is 4.62. The van der Waals surface area contributed by atoms with Gasteiger partial charge in [-0.25, -0.2) is 4.79 Å². The Morgan fingerprint density at radius 2 is 1.88 bits per heavy atom. The van der Waals surface area contributed by atoms with Gasteiger partial charge in [-0.05, 0) is 19.3 Å². The van der Waals surface area contributed by atoms with Gasteiger partial charge >= 0.3 is 5.97 Å². The van der Waals surface area contributed by atoms with Crippen LogP contribution in [-0.2, 0) is 14.3 Å². The molecule has 0 heterocycles. The molecule has 0 aromatic heterocycles. The molecular weight excluding hydrogens is 208 g/mol. The lowest BCUT2D eigenvalue weighted by molar-refractivity contribution is -0.146. The van der Waals surface area contributed by atoms with E-state index in [0.29, 0.717) is 12.8 Å². The number of esters is 1. The zero-order valence-electron chi connectivity index (χ0n) is 10.4. The summed E-state index contributed by atoms with van der Waals surface area (Å²) in [5.41, 5.74) is 5.55. The van der Waals surface area contributed by atoms with E-state index in [1.807, 2.05) is 20.8 Å². The van der Waals surface area contributed by atoms with Gasteiger partial charge in [0.15, 0.2) is 0 Å². The number of ether oxygens (including phenoxy) is 1. The number of methoxy groups -OCH3 is 1. The van der Waals surface area contributed by atoms with Crippen molar-refractivity contribution in [3.8, 4) is 0 Å². The smallest absolute Gasteiger partial charge is 0.328 e. The largest absolute Gasteiger partial charge is 0.467 e. The molecule has 0 aliphatic carbocycles. The minimum absolute atomic E-state index is 0.00620. The van der Waals surface area contributed by atoms with Crippen molar-refractivity contribution in [2.75, 3.05) is 7.11 Å². The van der Waals surface area contributed by atoms with Crippen LogP contribution < -0.4 is 11.1 Å². The molecule has 0 bridgehead atoms. The lowest BCUT2D eigenvalue weighted by atomic mass is 10.0. The second kappa shape index (κ2) is 7.22. The van der Waals surface area contributed by atoms with Gasteiger partial charge in [0, 0.05) is 12.5 Å². The second-order valence-corrected chi connectivity index (χ2v) is 4.33. The Balaban J connectivity index is 4.19. The Hall–Kier alpha value is -1.10. The van der Waals surface area contributed by atoms with Gasteiger partial charge in [0.1, 0.15) is 6.04 Å².